The summed E-state index contributed by atoms with van der Waals surface area (Å²) in [6.45, 7) is 6.40. The Morgan fingerprint density at radius 2 is 2.11 bits per heavy atom. The fourth-order valence-corrected chi connectivity index (χ4v) is 3.00. The number of aliphatic carboxylic acids is 1. The quantitative estimate of drug-likeness (QED) is 0.797. The van der Waals surface area contributed by atoms with Crippen molar-refractivity contribution in [2.75, 3.05) is 12.3 Å². The summed E-state index contributed by atoms with van der Waals surface area (Å²) in [7, 11) is 0. The van der Waals surface area contributed by atoms with E-state index in [9.17, 15) is 9.90 Å². The van der Waals surface area contributed by atoms with Gasteiger partial charge in [-0.1, -0.05) is 31.2 Å². The molecule has 0 bridgehead atoms. The summed E-state index contributed by atoms with van der Waals surface area (Å²) in [6, 6.07) is 8.21. The lowest BCUT2D eigenvalue weighted by Crippen LogP contribution is -2.51. The topological polar surface area (TPSA) is 49.3 Å². The molecule has 0 aliphatic carbocycles. The van der Waals surface area contributed by atoms with Crippen LogP contribution in [0.1, 0.15) is 25.0 Å². The van der Waals surface area contributed by atoms with Gasteiger partial charge in [0.25, 0.3) is 0 Å². The van der Waals surface area contributed by atoms with Gasteiger partial charge in [0.05, 0.1) is 0 Å². The van der Waals surface area contributed by atoms with Crippen LogP contribution in [0.2, 0.25) is 0 Å². The maximum Gasteiger partial charge on any atom is 0.324 e. The van der Waals surface area contributed by atoms with Gasteiger partial charge in [-0.3, -0.25) is 4.79 Å². The fourth-order valence-electron chi connectivity index (χ4n) is 1.72. The summed E-state index contributed by atoms with van der Waals surface area (Å²) in [5, 5.41) is 12.3. The first-order valence-corrected chi connectivity index (χ1v) is 7.25. The van der Waals surface area contributed by atoms with Gasteiger partial charge in [-0.25, -0.2) is 0 Å². The van der Waals surface area contributed by atoms with Crippen molar-refractivity contribution in [1.82, 2.24) is 5.32 Å². The minimum Gasteiger partial charge on any atom is -0.480 e. The first-order valence-electron chi connectivity index (χ1n) is 6.10. The Labute approximate surface area is 113 Å². The molecule has 100 valence electrons. The number of carboxylic acids is 1. The first kappa shape index (κ1) is 15.1. The lowest BCUT2D eigenvalue weighted by Gasteiger charge is -2.25. The SMILES string of the molecule is CCNC(C)(CSCc1ccccc1C)C(=O)O. The number of benzene rings is 1. The maximum absolute atomic E-state index is 11.2. The molecule has 1 unspecified atom stereocenters. The van der Waals surface area contributed by atoms with Crippen LogP contribution in [-0.4, -0.2) is 28.9 Å². The highest BCUT2D eigenvalue weighted by Crippen LogP contribution is 2.20. The van der Waals surface area contributed by atoms with E-state index in [0.717, 1.165) is 5.75 Å². The monoisotopic (exact) mass is 267 g/mol. The Morgan fingerprint density at radius 3 is 2.67 bits per heavy atom. The molecule has 0 aliphatic rings. The van der Waals surface area contributed by atoms with Crippen LogP contribution >= 0.6 is 11.8 Å². The third-order valence-corrected chi connectivity index (χ3v) is 4.25. The van der Waals surface area contributed by atoms with Crippen molar-refractivity contribution in [3.63, 3.8) is 0 Å². The summed E-state index contributed by atoms with van der Waals surface area (Å²) in [5.74, 6) is 0.618. The summed E-state index contributed by atoms with van der Waals surface area (Å²) in [4.78, 5) is 11.2. The standard InChI is InChI=1S/C14H21NO2S/c1-4-15-14(3,13(16)17)10-18-9-12-8-6-5-7-11(12)2/h5-8,15H,4,9-10H2,1-3H3,(H,16,17). The Bertz CT molecular complexity index is 409. The van der Waals surface area contributed by atoms with Crippen molar-refractivity contribution in [1.29, 1.82) is 0 Å². The summed E-state index contributed by atoms with van der Waals surface area (Å²) in [5.41, 5.74) is 1.68. The second-order valence-corrected chi connectivity index (χ2v) is 5.57. The van der Waals surface area contributed by atoms with Gasteiger partial charge >= 0.3 is 5.97 Å². The molecule has 0 spiro atoms. The van der Waals surface area contributed by atoms with E-state index < -0.39 is 11.5 Å². The van der Waals surface area contributed by atoms with Crippen LogP contribution in [0.5, 0.6) is 0 Å². The maximum atomic E-state index is 11.2. The smallest absolute Gasteiger partial charge is 0.324 e. The zero-order valence-electron chi connectivity index (χ0n) is 11.2. The van der Waals surface area contributed by atoms with Gasteiger partial charge in [-0.2, -0.15) is 11.8 Å². The Balaban J connectivity index is 2.54. The predicted octanol–water partition coefficient (Wildman–Crippen LogP) is 2.68. The van der Waals surface area contributed by atoms with E-state index >= 15 is 0 Å². The number of nitrogens with one attached hydrogen (secondary N) is 1. The normalized spacial score (nSPS) is 14.2. The average Bonchev–Trinajstić information content (AvgIpc) is 2.32. The fraction of sp³-hybridized carbons (Fsp3) is 0.500. The number of likely N-dealkylation sites (N-methyl/N-ethyl adjacent to an activating group) is 1. The van der Waals surface area contributed by atoms with Crippen molar-refractivity contribution in [3.05, 3.63) is 35.4 Å². The highest BCUT2D eigenvalue weighted by molar-refractivity contribution is 7.98. The molecule has 0 saturated carbocycles. The van der Waals surface area contributed by atoms with E-state index in [4.69, 9.17) is 0 Å². The van der Waals surface area contributed by atoms with Crippen molar-refractivity contribution in [2.24, 2.45) is 0 Å². The van der Waals surface area contributed by atoms with Gasteiger partial charge in [0.1, 0.15) is 5.54 Å². The van der Waals surface area contributed by atoms with Gasteiger partial charge < -0.3 is 10.4 Å². The molecule has 4 heteroatoms. The third-order valence-electron chi connectivity index (χ3n) is 2.95. The van der Waals surface area contributed by atoms with E-state index in [1.54, 1.807) is 18.7 Å². The minimum absolute atomic E-state index is 0.560. The number of carbonyl (C=O) groups is 1. The lowest BCUT2D eigenvalue weighted by atomic mass is 10.1. The van der Waals surface area contributed by atoms with Crippen molar-refractivity contribution in [3.8, 4) is 0 Å². The highest BCUT2D eigenvalue weighted by atomic mass is 32.2. The lowest BCUT2D eigenvalue weighted by molar-refractivity contribution is -0.143. The molecule has 1 rings (SSSR count). The molecule has 1 atom stereocenters. The molecule has 0 aliphatic heterocycles. The van der Waals surface area contributed by atoms with Crippen LogP contribution in [0.4, 0.5) is 0 Å². The summed E-state index contributed by atoms with van der Waals surface area (Å²) in [6.07, 6.45) is 0. The van der Waals surface area contributed by atoms with Crippen LogP contribution in [0.3, 0.4) is 0 Å². The number of aryl methyl sites for hydroxylation is 1. The van der Waals surface area contributed by atoms with E-state index in [2.05, 4.69) is 24.4 Å². The van der Waals surface area contributed by atoms with Crippen molar-refractivity contribution in [2.45, 2.75) is 32.1 Å². The van der Waals surface area contributed by atoms with Gasteiger partial charge in [-0.15, -0.1) is 0 Å². The average molecular weight is 267 g/mol. The first-order chi connectivity index (χ1) is 8.49. The van der Waals surface area contributed by atoms with Crippen LogP contribution < -0.4 is 5.32 Å². The minimum atomic E-state index is -0.845. The van der Waals surface area contributed by atoms with Gasteiger partial charge in [0.15, 0.2) is 0 Å². The highest BCUT2D eigenvalue weighted by Gasteiger charge is 2.31. The second kappa shape index (κ2) is 6.81. The van der Waals surface area contributed by atoms with Gasteiger partial charge in [-0.05, 0) is 31.5 Å². The van der Waals surface area contributed by atoms with E-state index in [1.807, 2.05) is 19.1 Å². The molecule has 0 heterocycles. The Hall–Kier alpha value is -1.00. The number of hydrogen-bond donors (Lipinski definition) is 2. The summed E-state index contributed by atoms with van der Waals surface area (Å²) >= 11 is 1.65. The molecule has 0 aromatic heterocycles. The van der Waals surface area contributed by atoms with Crippen LogP contribution in [0.15, 0.2) is 24.3 Å². The van der Waals surface area contributed by atoms with Crippen LogP contribution in [0, 0.1) is 6.92 Å². The number of hydrogen-bond acceptors (Lipinski definition) is 3. The molecular formula is C14H21NO2S. The van der Waals surface area contributed by atoms with Crippen molar-refractivity contribution < 1.29 is 9.90 Å². The molecule has 2 N–H and O–H groups in total. The molecule has 1 aromatic carbocycles. The number of thioether (sulfide) groups is 1. The number of rotatable bonds is 7. The molecular weight excluding hydrogens is 246 g/mol. The third kappa shape index (κ3) is 4.03. The zero-order valence-corrected chi connectivity index (χ0v) is 12.0. The number of carboxylic acid groups (broad SMARTS) is 1. The van der Waals surface area contributed by atoms with Gasteiger partial charge in [0, 0.05) is 11.5 Å². The zero-order chi connectivity index (χ0) is 13.6. The second-order valence-electron chi connectivity index (χ2n) is 4.59. The largest absolute Gasteiger partial charge is 0.480 e. The molecule has 3 nitrogen and oxygen atoms in total. The van der Waals surface area contributed by atoms with Crippen molar-refractivity contribution >= 4 is 17.7 Å². The predicted molar refractivity (Wildman–Crippen MR) is 77.1 cm³/mol. The van der Waals surface area contributed by atoms with Crippen LogP contribution in [0.25, 0.3) is 0 Å². The Kier molecular flexibility index (Phi) is 5.69. The van der Waals surface area contributed by atoms with E-state index in [1.165, 1.54) is 11.1 Å². The van der Waals surface area contributed by atoms with Crippen LogP contribution in [-0.2, 0) is 10.5 Å². The Morgan fingerprint density at radius 1 is 1.44 bits per heavy atom. The van der Waals surface area contributed by atoms with E-state index in [-0.39, 0.29) is 0 Å². The summed E-state index contributed by atoms with van der Waals surface area (Å²) < 4.78 is 0. The molecule has 0 fully saturated rings. The van der Waals surface area contributed by atoms with E-state index in [0.29, 0.717) is 12.3 Å². The molecule has 0 saturated heterocycles. The molecule has 1 aromatic rings. The molecule has 0 amide bonds. The van der Waals surface area contributed by atoms with Gasteiger partial charge in [0.2, 0.25) is 0 Å². The molecule has 0 radical (unpaired) electrons. The molecule has 18 heavy (non-hydrogen) atoms.